The monoisotopic (exact) mass is 450 g/mol. The molecule has 0 unspecified atom stereocenters. The van der Waals surface area contributed by atoms with Gasteiger partial charge < -0.3 is 5.32 Å². The van der Waals surface area contributed by atoms with E-state index in [0.717, 1.165) is 11.8 Å². The minimum atomic E-state index is -3.49. The summed E-state index contributed by atoms with van der Waals surface area (Å²) in [6, 6.07) is 11.7. The van der Waals surface area contributed by atoms with Crippen LogP contribution in [0, 0.1) is 0 Å². The highest BCUT2D eigenvalue weighted by atomic mass is 35.5. The van der Waals surface area contributed by atoms with Crippen LogP contribution < -0.4 is 15.3 Å². The third kappa shape index (κ3) is 4.68. The molecule has 1 heterocycles. The number of sulfonamides is 1. The molecule has 3 rings (SSSR count). The lowest BCUT2D eigenvalue weighted by Gasteiger charge is -2.22. The minimum Gasteiger partial charge on any atom is -0.326 e. The van der Waals surface area contributed by atoms with Crippen molar-refractivity contribution >= 4 is 49.9 Å². The summed E-state index contributed by atoms with van der Waals surface area (Å²) in [7, 11) is -0.130. The second-order valence-corrected chi connectivity index (χ2v) is 9.41. The third-order valence-corrected chi connectivity index (χ3v) is 6.28. The van der Waals surface area contributed by atoms with Crippen molar-refractivity contribution in [3.8, 4) is 0 Å². The molecule has 0 saturated carbocycles. The first kappa shape index (κ1) is 21.9. The fraction of sp³-hybridized carbons (Fsp3) is 0.300. The molecule has 2 aromatic carbocycles. The molecular formula is C20H23ClN4O4S. The highest BCUT2D eigenvalue weighted by molar-refractivity contribution is 7.92. The van der Waals surface area contributed by atoms with Crippen molar-refractivity contribution in [3.63, 3.8) is 0 Å². The Hall–Kier alpha value is -2.78. The van der Waals surface area contributed by atoms with E-state index in [2.05, 4.69) is 5.32 Å². The number of imidazole rings is 1. The van der Waals surface area contributed by atoms with Gasteiger partial charge in [-0.05, 0) is 48.9 Å². The van der Waals surface area contributed by atoms with Crippen LogP contribution in [-0.4, -0.2) is 36.3 Å². The molecular weight excluding hydrogens is 428 g/mol. The van der Waals surface area contributed by atoms with Gasteiger partial charge in [0, 0.05) is 37.8 Å². The maximum atomic E-state index is 12.3. The van der Waals surface area contributed by atoms with Gasteiger partial charge in [0.2, 0.25) is 15.9 Å². The van der Waals surface area contributed by atoms with Gasteiger partial charge >= 0.3 is 5.69 Å². The highest BCUT2D eigenvalue weighted by Gasteiger charge is 2.17. The summed E-state index contributed by atoms with van der Waals surface area (Å²) >= 11 is 5.87. The van der Waals surface area contributed by atoms with Crippen LogP contribution in [0.3, 0.4) is 0 Å². The van der Waals surface area contributed by atoms with Gasteiger partial charge in [-0.3, -0.25) is 18.2 Å². The van der Waals surface area contributed by atoms with E-state index in [1.54, 1.807) is 56.6 Å². The Morgan fingerprint density at radius 2 is 1.70 bits per heavy atom. The molecule has 1 N–H and O–H groups in total. The Balaban J connectivity index is 1.65. The van der Waals surface area contributed by atoms with Crippen molar-refractivity contribution in [1.29, 1.82) is 0 Å². The number of fused-ring (bicyclic) bond motifs is 1. The first-order valence-corrected chi connectivity index (χ1v) is 11.5. The summed E-state index contributed by atoms with van der Waals surface area (Å²) in [6.07, 6.45) is 1.61. The van der Waals surface area contributed by atoms with Crippen molar-refractivity contribution in [3.05, 3.63) is 58.0 Å². The first-order chi connectivity index (χ1) is 14.1. The van der Waals surface area contributed by atoms with Crippen LogP contribution in [0.2, 0.25) is 5.02 Å². The standard InChI is InChI=1S/C20H23ClN4O4S/c1-23-17-11-8-15(13-18(17)24(2)20(23)27)22-19(26)5-4-12-25(30(3,28)29)16-9-6-14(21)7-10-16/h6-11,13H,4-5,12H2,1-3H3,(H,22,26). The van der Waals surface area contributed by atoms with E-state index in [1.807, 2.05) is 0 Å². The Labute approximate surface area is 179 Å². The number of carbonyl (C=O) groups excluding carboxylic acids is 1. The van der Waals surface area contributed by atoms with Crippen molar-refractivity contribution < 1.29 is 13.2 Å². The molecule has 0 atom stereocenters. The zero-order valence-corrected chi connectivity index (χ0v) is 18.5. The number of nitrogens with zero attached hydrogens (tertiary/aromatic N) is 3. The highest BCUT2D eigenvalue weighted by Crippen LogP contribution is 2.21. The zero-order valence-electron chi connectivity index (χ0n) is 16.9. The summed E-state index contributed by atoms with van der Waals surface area (Å²) in [5.74, 6) is -0.236. The number of aromatic nitrogens is 2. The molecule has 0 bridgehead atoms. The summed E-state index contributed by atoms with van der Waals surface area (Å²) in [5, 5.41) is 3.31. The molecule has 1 amide bonds. The molecule has 0 aliphatic rings. The lowest BCUT2D eigenvalue weighted by Crippen LogP contribution is -2.31. The van der Waals surface area contributed by atoms with E-state index in [4.69, 9.17) is 11.6 Å². The number of anilines is 2. The van der Waals surface area contributed by atoms with E-state index in [9.17, 15) is 18.0 Å². The molecule has 0 aliphatic carbocycles. The van der Waals surface area contributed by atoms with E-state index < -0.39 is 10.0 Å². The number of aryl methyl sites for hydroxylation is 2. The van der Waals surface area contributed by atoms with Gasteiger partial charge in [-0.1, -0.05) is 11.6 Å². The quantitative estimate of drug-likeness (QED) is 0.598. The van der Waals surface area contributed by atoms with Crippen LogP contribution in [0.25, 0.3) is 11.0 Å². The summed E-state index contributed by atoms with van der Waals surface area (Å²) in [6.45, 7) is 0.167. The van der Waals surface area contributed by atoms with Crippen LogP contribution in [0.5, 0.6) is 0 Å². The smallest absolute Gasteiger partial charge is 0.326 e. The van der Waals surface area contributed by atoms with Crippen LogP contribution in [-0.2, 0) is 28.9 Å². The van der Waals surface area contributed by atoms with E-state index in [1.165, 1.54) is 13.4 Å². The first-order valence-electron chi connectivity index (χ1n) is 9.26. The second kappa shape index (κ2) is 8.53. The lowest BCUT2D eigenvalue weighted by atomic mass is 10.2. The molecule has 10 heteroatoms. The van der Waals surface area contributed by atoms with Gasteiger partial charge in [0.05, 0.1) is 23.0 Å². The van der Waals surface area contributed by atoms with Crippen LogP contribution >= 0.6 is 11.6 Å². The largest absolute Gasteiger partial charge is 0.328 e. The predicted molar refractivity (Wildman–Crippen MR) is 120 cm³/mol. The number of halogens is 1. The molecule has 30 heavy (non-hydrogen) atoms. The van der Waals surface area contributed by atoms with Crippen molar-refractivity contribution in [2.24, 2.45) is 14.1 Å². The lowest BCUT2D eigenvalue weighted by molar-refractivity contribution is -0.116. The molecule has 0 fully saturated rings. The number of carbonyl (C=O) groups is 1. The molecule has 1 aromatic heterocycles. The molecule has 160 valence electrons. The molecule has 3 aromatic rings. The molecule has 0 radical (unpaired) electrons. The van der Waals surface area contributed by atoms with Gasteiger partial charge in [0.1, 0.15) is 0 Å². The summed E-state index contributed by atoms with van der Waals surface area (Å²) in [5.41, 5.74) is 2.42. The van der Waals surface area contributed by atoms with Crippen molar-refractivity contribution in [2.75, 3.05) is 22.4 Å². The fourth-order valence-corrected chi connectivity index (χ4v) is 4.38. The van der Waals surface area contributed by atoms with Gasteiger partial charge in [-0.2, -0.15) is 0 Å². The molecule has 0 spiro atoms. The van der Waals surface area contributed by atoms with E-state index >= 15 is 0 Å². The van der Waals surface area contributed by atoms with Gasteiger partial charge in [-0.15, -0.1) is 0 Å². The molecule has 0 saturated heterocycles. The number of hydrogen-bond acceptors (Lipinski definition) is 4. The number of hydrogen-bond donors (Lipinski definition) is 1. The normalized spacial score (nSPS) is 11.6. The number of amides is 1. The van der Waals surface area contributed by atoms with Gasteiger partial charge in [-0.25, -0.2) is 13.2 Å². The molecule has 8 nitrogen and oxygen atoms in total. The van der Waals surface area contributed by atoms with Gasteiger partial charge in [0.15, 0.2) is 0 Å². The zero-order chi connectivity index (χ0) is 22.1. The van der Waals surface area contributed by atoms with E-state index in [-0.39, 0.29) is 24.6 Å². The average Bonchev–Trinajstić information content (AvgIpc) is 2.89. The fourth-order valence-electron chi connectivity index (χ4n) is 3.29. The predicted octanol–water partition coefficient (Wildman–Crippen LogP) is 2.72. The molecule has 0 aliphatic heterocycles. The van der Waals surface area contributed by atoms with Crippen molar-refractivity contribution in [2.45, 2.75) is 12.8 Å². The topological polar surface area (TPSA) is 93.4 Å². The Kier molecular flexibility index (Phi) is 6.23. The SMILES string of the molecule is Cn1c(=O)n(C)c2cc(NC(=O)CCCN(c3ccc(Cl)cc3)S(C)(=O)=O)ccc21. The Bertz CT molecular complexity index is 1250. The van der Waals surface area contributed by atoms with Crippen LogP contribution in [0.1, 0.15) is 12.8 Å². The summed E-state index contributed by atoms with van der Waals surface area (Å²) < 4.78 is 28.6. The van der Waals surface area contributed by atoms with Gasteiger partial charge in [0.25, 0.3) is 0 Å². The van der Waals surface area contributed by atoms with Crippen molar-refractivity contribution in [1.82, 2.24) is 9.13 Å². The van der Waals surface area contributed by atoms with Crippen LogP contribution in [0.4, 0.5) is 11.4 Å². The number of rotatable bonds is 7. The van der Waals surface area contributed by atoms with Crippen LogP contribution in [0.15, 0.2) is 47.3 Å². The second-order valence-electron chi connectivity index (χ2n) is 7.07. The average molecular weight is 451 g/mol. The summed E-state index contributed by atoms with van der Waals surface area (Å²) in [4.78, 5) is 24.4. The van der Waals surface area contributed by atoms with E-state index in [0.29, 0.717) is 28.3 Å². The minimum absolute atomic E-state index is 0.142. The number of benzene rings is 2. The maximum Gasteiger partial charge on any atom is 0.328 e. The third-order valence-electron chi connectivity index (χ3n) is 4.84. The maximum absolute atomic E-state index is 12.3. The Morgan fingerprint density at radius 1 is 1.07 bits per heavy atom. The number of nitrogens with one attached hydrogen (secondary N) is 1. The Morgan fingerprint density at radius 3 is 2.33 bits per heavy atom.